The van der Waals surface area contributed by atoms with E-state index in [9.17, 15) is 4.79 Å². The first-order valence-corrected chi connectivity index (χ1v) is 8.74. The number of amides is 1. The highest BCUT2D eigenvalue weighted by atomic mass is 79.9. The molecule has 1 fully saturated rings. The number of nitrogens with one attached hydrogen (secondary N) is 1. The monoisotopic (exact) mass is 389 g/mol. The Morgan fingerprint density at radius 3 is 2.50 bits per heavy atom. The maximum absolute atomic E-state index is 12.4. The molecule has 0 saturated carbocycles. The van der Waals surface area contributed by atoms with Gasteiger partial charge in [0.2, 0.25) is 5.91 Å². The summed E-state index contributed by atoms with van der Waals surface area (Å²) < 4.78 is 0.994. The van der Waals surface area contributed by atoms with Gasteiger partial charge in [-0.05, 0) is 31.2 Å². The Balaban J connectivity index is 1.53. The van der Waals surface area contributed by atoms with Crippen molar-refractivity contribution in [2.75, 3.05) is 36.4 Å². The summed E-state index contributed by atoms with van der Waals surface area (Å²) in [5, 5.41) is 2.97. The van der Waals surface area contributed by atoms with Crippen molar-refractivity contribution < 1.29 is 4.79 Å². The Bertz CT molecular complexity index is 671. The van der Waals surface area contributed by atoms with Crippen molar-refractivity contribution >= 4 is 33.3 Å². The molecule has 2 aromatic rings. The molecule has 1 N–H and O–H groups in total. The fraction of sp³-hybridized carbons (Fsp3) is 0.353. The third-order valence-corrected chi connectivity index (χ3v) is 4.76. The lowest BCUT2D eigenvalue weighted by Gasteiger charge is -2.37. The summed E-state index contributed by atoms with van der Waals surface area (Å²) in [6, 6.07) is 7.44. The van der Waals surface area contributed by atoms with Crippen LogP contribution in [0.25, 0.3) is 0 Å². The summed E-state index contributed by atoms with van der Waals surface area (Å²) in [5.41, 5.74) is 0.813. The maximum atomic E-state index is 12.4. The zero-order valence-electron chi connectivity index (χ0n) is 13.5. The van der Waals surface area contributed by atoms with Crippen LogP contribution in [0.5, 0.6) is 0 Å². The molecular weight excluding hydrogens is 370 g/mol. The van der Waals surface area contributed by atoms with Crippen molar-refractivity contribution in [1.29, 1.82) is 0 Å². The molecule has 2 heterocycles. The van der Waals surface area contributed by atoms with Crippen molar-refractivity contribution in [2.45, 2.75) is 13.0 Å². The number of carbonyl (C=O) groups is 1. The summed E-state index contributed by atoms with van der Waals surface area (Å²) >= 11 is 3.39. The van der Waals surface area contributed by atoms with Gasteiger partial charge in [0.1, 0.15) is 5.82 Å². The molecule has 1 aromatic heterocycles. The fourth-order valence-corrected chi connectivity index (χ4v) is 3.00. The minimum absolute atomic E-state index is 0.0188. The molecule has 1 unspecified atom stereocenters. The summed E-state index contributed by atoms with van der Waals surface area (Å²) in [6.07, 6.45) is 5.16. The summed E-state index contributed by atoms with van der Waals surface area (Å²) in [6.45, 7) is 5.28. The average Bonchev–Trinajstić information content (AvgIpc) is 2.64. The molecule has 0 aliphatic carbocycles. The van der Waals surface area contributed by atoms with Gasteiger partial charge >= 0.3 is 0 Å². The smallest absolute Gasteiger partial charge is 0.241 e. The minimum atomic E-state index is -0.169. The van der Waals surface area contributed by atoms with Gasteiger partial charge in [-0.15, -0.1) is 0 Å². The second-order valence-corrected chi connectivity index (χ2v) is 6.67. The van der Waals surface area contributed by atoms with E-state index >= 15 is 0 Å². The third-order valence-electron chi connectivity index (χ3n) is 4.23. The van der Waals surface area contributed by atoms with Crippen LogP contribution in [0.3, 0.4) is 0 Å². The van der Waals surface area contributed by atoms with Crippen molar-refractivity contribution in [3.8, 4) is 0 Å². The van der Waals surface area contributed by atoms with Crippen LogP contribution < -0.4 is 10.2 Å². The molecule has 0 spiro atoms. The fourth-order valence-electron chi connectivity index (χ4n) is 2.74. The molecular formula is C17H20BrN5O. The summed E-state index contributed by atoms with van der Waals surface area (Å²) in [5.74, 6) is 0.911. The van der Waals surface area contributed by atoms with Crippen LogP contribution >= 0.6 is 15.9 Å². The summed E-state index contributed by atoms with van der Waals surface area (Å²) in [4.78, 5) is 25.3. The van der Waals surface area contributed by atoms with Gasteiger partial charge in [-0.25, -0.2) is 4.98 Å². The van der Waals surface area contributed by atoms with Gasteiger partial charge in [-0.2, -0.15) is 0 Å². The first kappa shape index (κ1) is 16.9. The molecule has 1 aromatic carbocycles. The Morgan fingerprint density at radius 1 is 1.17 bits per heavy atom. The van der Waals surface area contributed by atoms with E-state index in [0.717, 1.165) is 42.2 Å². The van der Waals surface area contributed by atoms with Crippen LogP contribution in [0.4, 0.5) is 11.5 Å². The van der Waals surface area contributed by atoms with Crippen LogP contribution in [0.2, 0.25) is 0 Å². The number of piperazine rings is 1. The molecule has 1 saturated heterocycles. The van der Waals surface area contributed by atoms with Gasteiger partial charge in [0.15, 0.2) is 0 Å². The largest absolute Gasteiger partial charge is 0.353 e. The highest BCUT2D eigenvalue weighted by molar-refractivity contribution is 9.10. The number of nitrogens with zero attached hydrogens (tertiary/aromatic N) is 4. The highest BCUT2D eigenvalue weighted by Gasteiger charge is 2.26. The molecule has 1 aliphatic rings. The van der Waals surface area contributed by atoms with Crippen LogP contribution in [0.15, 0.2) is 47.3 Å². The minimum Gasteiger partial charge on any atom is -0.353 e. The average molecular weight is 390 g/mol. The molecule has 7 heteroatoms. The van der Waals surface area contributed by atoms with Crippen LogP contribution in [0, 0.1) is 0 Å². The van der Waals surface area contributed by atoms with Gasteiger partial charge in [0, 0.05) is 48.7 Å². The number of carbonyl (C=O) groups excluding carboxylic acids is 1. The zero-order valence-corrected chi connectivity index (χ0v) is 15.1. The standard InChI is InChI=1S/C17H20BrN5O/c1-13(17(24)21-15-4-2-14(18)3-5-15)22-8-10-23(11-9-22)16-12-19-6-7-20-16/h2-7,12-13H,8-11H2,1H3,(H,21,24). The van der Waals surface area contributed by atoms with E-state index in [1.165, 1.54) is 0 Å². The van der Waals surface area contributed by atoms with Crippen molar-refractivity contribution in [2.24, 2.45) is 0 Å². The molecule has 1 atom stereocenters. The second-order valence-electron chi connectivity index (χ2n) is 5.76. The van der Waals surface area contributed by atoms with Gasteiger partial charge in [-0.1, -0.05) is 15.9 Å². The van der Waals surface area contributed by atoms with E-state index in [1.54, 1.807) is 18.6 Å². The second kappa shape index (κ2) is 7.72. The predicted octanol–water partition coefficient (Wildman–Crippen LogP) is 2.39. The third kappa shape index (κ3) is 4.10. The quantitative estimate of drug-likeness (QED) is 0.869. The lowest BCUT2D eigenvalue weighted by Crippen LogP contribution is -2.53. The topological polar surface area (TPSA) is 61.4 Å². The highest BCUT2D eigenvalue weighted by Crippen LogP contribution is 2.16. The molecule has 0 bridgehead atoms. The lowest BCUT2D eigenvalue weighted by molar-refractivity contribution is -0.120. The van der Waals surface area contributed by atoms with Gasteiger partial charge in [0.05, 0.1) is 12.2 Å². The number of benzene rings is 1. The Labute approximate surface area is 150 Å². The van der Waals surface area contributed by atoms with E-state index in [2.05, 4.69) is 41.0 Å². The maximum Gasteiger partial charge on any atom is 0.241 e. The van der Waals surface area contributed by atoms with Crippen LogP contribution in [0.1, 0.15) is 6.92 Å². The van der Waals surface area contributed by atoms with Crippen molar-refractivity contribution in [1.82, 2.24) is 14.9 Å². The van der Waals surface area contributed by atoms with E-state index < -0.39 is 0 Å². The normalized spacial score (nSPS) is 16.7. The lowest BCUT2D eigenvalue weighted by atomic mass is 10.2. The molecule has 3 rings (SSSR count). The Kier molecular flexibility index (Phi) is 5.42. The van der Waals surface area contributed by atoms with Crippen LogP contribution in [-0.4, -0.2) is 53.0 Å². The molecule has 6 nitrogen and oxygen atoms in total. The number of aromatic nitrogens is 2. The molecule has 1 amide bonds. The van der Waals surface area contributed by atoms with Crippen LogP contribution in [-0.2, 0) is 4.79 Å². The molecule has 0 radical (unpaired) electrons. The van der Waals surface area contributed by atoms with Crippen molar-refractivity contribution in [3.63, 3.8) is 0 Å². The van der Waals surface area contributed by atoms with Gasteiger partial charge < -0.3 is 10.2 Å². The first-order chi connectivity index (χ1) is 11.6. The zero-order chi connectivity index (χ0) is 16.9. The Hall–Kier alpha value is -1.99. The molecule has 24 heavy (non-hydrogen) atoms. The number of hydrogen-bond donors (Lipinski definition) is 1. The predicted molar refractivity (Wildman–Crippen MR) is 98.1 cm³/mol. The van der Waals surface area contributed by atoms with E-state index in [1.807, 2.05) is 31.2 Å². The number of anilines is 2. The first-order valence-electron chi connectivity index (χ1n) is 7.95. The van der Waals surface area contributed by atoms with Crippen molar-refractivity contribution in [3.05, 3.63) is 47.3 Å². The van der Waals surface area contributed by atoms with E-state index in [-0.39, 0.29) is 11.9 Å². The number of hydrogen-bond acceptors (Lipinski definition) is 5. The number of rotatable bonds is 4. The van der Waals surface area contributed by atoms with E-state index in [0.29, 0.717) is 0 Å². The van der Waals surface area contributed by atoms with Gasteiger partial charge in [-0.3, -0.25) is 14.7 Å². The van der Waals surface area contributed by atoms with Gasteiger partial charge in [0.25, 0.3) is 0 Å². The molecule has 1 aliphatic heterocycles. The summed E-state index contributed by atoms with van der Waals surface area (Å²) in [7, 11) is 0. The Morgan fingerprint density at radius 2 is 1.88 bits per heavy atom. The SMILES string of the molecule is CC(C(=O)Nc1ccc(Br)cc1)N1CCN(c2cnccn2)CC1. The van der Waals surface area contributed by atoms with E-state index in [4.69, 9.17) is 0 Å². The number of halogens is 1. The molecule has 126 valence electrons.